The lowest BCUT2D eigenvalue weighted by molar-refractivity contribution is -0.139. The van der Waals surface area contributed by atoms with Crippen molar-refractivity contribution in [3.8, 4) is 5.75 Å². The maximum atomic E-state index is 12.8. The summed E-state index contributed by atoms with van der Waals surface area (Å²) in [5.74, 6) is -1.73. The number of imide groups is 1. The molecular formula is C25H23ClN2O5. The molecule has 170 valence electrons. The lowest BCUT2D eigenvalue weighted by Gasteiger charge is -2.19. The molecule has 2 saturated heterocycles. The van der Waals surface area contributed by atoms with Gasteiger partial charge in [0.2, 0.25) is 17.7 Å². The summed E-state index contributed by atoms with van der Waals surface area (Å²) in [5, 5.41) is 0.446. The summed E-state index contributed by atoms with van der Waals surface area (Å²) in [6.45, 7) is 0.193. The number of carbonyl (C=O) groups excluding carboxylic acids is 4. The fourth-order valence-electron chi connectivity index (χ4n) is 5.05. The summed E-state index contributed by atoms with van der Waals surface area (Å²) in [7, 11) is 0. The predicted molar refractivity (Wildman–Crippen MR) is 122 cm³/mol. The number of ether oxygens (including phenoxy) is 1. The van der Waals surface area contributed by atoms with Crippen LogP contribution in [0.3, 0.4) is 0 Å². The van der Waals surface area contributed by atoms with E-state index in [0.29, 0.717) is 22.1 Å². The van der Waals surface area contributed by atoms with Crippen LogP contribution in [0.5, 0.6) is 5.75 Å². The van der Waals surface area contributed by atoms with Crippen LogP contribution < -0.4 is 14.5 Å². The van der Waals surface area contributed by atoms with Crippen molar-refractivity contribution in [1.29, 1.82) is 0 Å². The molecule has 0 spiro atoms. The van der Waals surface area contributed by atoms with E-state index in [1.165, 1.54) is 9.80 Å². The number of hydrogen-bond acceptors (Lipinski definition) is 5. The van der Waals surface area contributed by atoms with Crippen LogP contribution in [0.2, 0.25) is 5.02 Å². The van der Waals surface area contributed by atoms with Gasteiger partial charge in [0, 0.05) is 13.0 Å². The highest BCUT2D eigenvalue weighted by atomic mass is 35.5. The van der Waals surface area contributed by atoms with E-state index in [4.69, 9.17) is 16.3 Å². The molecule has 3 atom stereocenters. The van der Waals surface area contributed by atoms with Gasteiger partial charge in [0.1, 0.15) is 5.75 Å². The molecule has 33 heavy (non-hydrogen) atoms. The van der Waals surface area contributed by atoms with Crippen molar-refractivity contribution in [2.75, 3.05) is 16.3 Å². The quantitative estimate of drug-likeness (QED) is 0.386. The van der Waals surface area contributed by atoms with Crippen molar-refractivity contribution in [2.24, 2.45) is 17.8 Å². The first-order chi connectivity index (χ1) is 15.9. The second-order valence-electron chi connectivity index (χ2n) is 8.78. The lowest BCUT2D eigenvalue weighted by Crippen LogP contribution is -2.30. The molecule has 1 aliphatic carbocycles. The van der Waals surface area contributed by atoms with Gasteiger partial charge in [-0.2, -0.15) is 0 Å². The summed E-state index contributed by atoms with van der Waals surface area (Å²) in [6, 6.07) is 13.4. The SMILES string of the molecule is O=C(Oc1ccc(N2C(=O)[C@H]3CCCC[C@H]3C2=O)cc1)[C@@H]1CC(=O)N(c2ccccc2Cl)C1. The third kappa shape index (κ3) is 3.91. The zero-order valence-electron chi connectivity index (χ0n) is 17.9. The van der Waals surface area contributed by atoms with Crippen molar-refractivity contribution < 1.29 is 23.9 Å². The number of para-hydroxylation sites is 1. The molecular weight excluding hydrogens is 444 g/mol. The van der Waals surface area contributed by atoms with E-state index in [-0.39, 0.29) is 42.5 Å². The first-order valence-corrected chi connectivity index (χ1v) is 11.6. The molecule has 0 radical (unpaired) electrons. The zero-order valence-corrected chi connectivity index (χ0v) is 18.7. The minimum Gasteiger partial charge on any atom is -0.426 e. The summed E-state index contributed by atoms with van der Waals surface area (Å²) >= 11 is 6.19. The Kier molecular flexibility index (Phi) is 5.66. The summed E-state index contributed by atoms with van der Waals surface area (Å²) in [4.78, 5) is 53.4. The van der Waals surface area contributed by atoms with Gasteiger partial charge in [-0.05, 0) is 49.2 Å². The molecule has 2 aliphatic heterocycles. The minimum absolute atomic E-state index is 0.0434. The van der Waals surface area contributed by atoms with Crippen LogP contribution in [0.4, 0.5) is 11.4 Å². The van der Waals surface area contributed by atoms with Gasteiger partial charge in [-0.3, -0.25) is 24.1 Å². The van der Waals surface area contributed by atoms with E-state index in [1.54, 1.807) is 48.5 Å². The molecule has 0 N–H and O–H groups in total. The Hall–Kier alpha value is -3.19. The van der Waals surface area contributed by atoms with Gasteiger partial charge >= 0.3 is 5.97 Å². The molecule has 0 unspecified atom stereocenters. The first kappa shape index (κ1) is 21.6. The van der Waals surface area contributed by atoms with Crippen LogP contribution in [-0.4, -0.2) is 30.2 Å². The molecule has 3 fully saturated rings. The van der Waals surface area contributed by atoms with Gasteiger partial charge in [0.25, 0.3) is 0 Å². The molecule has 2 aromatic carbocycles. The van der Waals surface area contributed by atoms with E-state index in [0.717, 1.165) is 25.7 Å². The maximum Gasteiger partial charge on any atom is 0.316 e. The standard InChI is InChI=1S/C25H23ClN2O5/c26-20-7-3-4-8-21(20)27-14-15(13-22(27)29)25(32)33-17-11-9-16(10-12-17)28-23(30)18-5-1-2-6-19(18)24(28)31/h3-4,7-12,15,18-19H,1-2,5-6,13-14H2/t15-,18-,19+/m1/s1. The maximum absolute atomic E-state index is 12.8. The number of carbonyl (C=O) groups is 4. The van der Waals surface area contributed by atoms with Crippen LogP contribution in [0.25, 0.3) is 0 Å². The normalized spacial score (nSPS) is 24.9. The van der Waals surface area contributed by atoms with Crippen LogP contribution >= 0.6 is 11.6 Å². The summed E-state index contributed by atoms with van der Waals surface area (Å²) < 4.78 is 5.49. The number of fused-ring (bicyclic) bond motifs is 1. The van der Waals surface area contributed by atoms with E-state index in [2.05, 4.69) is 0 Å². The van der Waals surface area contributed by atoms with Crippen LogP contribution in [-0.2, 0) is 19.2 Å². The smallest absolute Gasteiger partial charge is 0.316 e. The van der Waals surface area contributed by atoms with E-state index in [9.17, 15) is 19.2 Å². The molecule has 2 aromatic rings. The topological polar surface area (TPSA) is 84.0 Å². The second-order valence-corrected chi connectivity index (χ2v) is 9.19. The van der Waals surface area contributed by atoms with E-state index >= 15 is 0 Å². The number of halogens is 1. The highest BCUT2D eigenvalue weighted by molar-refractivity contribution is 6.33. The summed E-state index contributed by atoms with van der Waals surface area (Å²) in [6.07, 6.45) is 3.50. The van der Waals surface area contributed by atoms with Gasteiger partial charge in [0.05, 0.1) is 34.2 Å². The Labute approximate surface area is 196 Å². The first-order valence-electron chi connectivity index (χ1n) is 11.2. The number of rotatable bonds is 4. The molecule has 2 heterocycles. The third-order valence-electron chi connectivity index (χ3n) is 6.76. The average molecular weight is 467 g/mol. The van der Waals surface area contributed by atoms with Crippen molar-refractivity contribution in [3.63, 3.8) is 0 Å². The molecule has 7 nitrogen and oxygen atoms in total. The third-order valence-corrected chi connectivity index (χ3v) is 7.08. The Balaban J connectivity index is 1.25. The van der Waals surface area contributed by atoms with Crippen LogP contribution in [0, 0.1) is 17.8 Å². The van der Waals surface area contributed by atoms with Crippen LogP contribution in [0.1, 0.15) is 32.1 Å². The fourth-order valence-corrected chi connectivity index (χ4v) is 5.29. The fraction of sp³-hybridized carbons (Fsp3) is 0.360. The number of anilines is 2. The number of amides is 3. The van der Waals surface area contributed by atoms with Gasteiger partial charge in [-0.25, -0.2) is 0 Å². The molecule has 0 bridgehead atoms. The Morgan fingerprint density at radius 3 is 2.18 bits per heavy atom. The molecule has 3 aliphatic rings. The predicted octanol–water partition coefficient (Wildman–Crippen LogP) is 3.98. The minimum atomic E-state index is -0.613. The second kappa shape index (κ2) is 8.63. The Morgan fingerprint density at radius 2 is 1.55 bits per heavy atom. The van der Waals surface area contributed by atoms with Crippen molar-refractivity contribution >= 4 is 46.7 Å². The number of esters is 1. The number of nitrogens with zero attached hydrogens (tertiary/aromatic N) is 2. The Bertz CT molecular complexity index is 1110. The number of benzene rings is 2. The van der Waals surface area contributed by atoms with Crippen molar-refractivity contribution in [3.05, 3.63) is 53.6 Å². The monoisotopic (exact) mass is 466 g/mol. The van der Waals surface area contributed by atoms with Crippen LogP contribution in [0.15, 0.2) is 48.5 Å². The van der Waals surface area contributed by atoms with Gasteiger partial charge in [0.15, 0.2) is 0 Å². The van der Waals surface area contributed by atoms with E-state index < -0.39 is 11.9 Å². The van der Waals surface area contributed by atoms with E-state index in [1.807, 2.05) is 0 Å². The van der Waals surface area contributed by atoms with Crippen molar-refractivity contribution in [1.82, 2.24) is 0 Å². The molecule has 8 heteroatoms. The summed E-state index contributed by atoms with van der Waals surface area (Å²) in [5.41, 5.74) is 1.06. The molecule has 1 saturated carbocycles. The highest BCUT2D eigenvalue weighted by Gasteiger charge is 2.48. The highest BCUT2D eigenvalue weighted by Crippen LogP contribution is 2.40. The molecule has 5 rings (SSSR count). The lowest BCUT2D eigenvalue weighted by atomic mass is 9.81. The largest absolute Gasteiger partial charge is 0.426 e. The van der Waals surface area contributed by atoms with Gasteiger partial charge in [-0.1, -0.05) is 36.6 Å². The zero-order chi connectivity index (χ0) is 23.1. The average Bonchev–Trinajstić information content (AvgIpc) is 3.33. The van der Waals surface area contributed by atoms with Crippen molar-refractivity contribution in [2.45, 2.75) is 32.1 Å². The van der Waals surface area contributed by atoms with Gasteiger partial charge < -0.3 is 9.64 Å². The van der Waals surface area contributed by atoms with Gasteiger partial charge in [-0.15, -0.1) is 0 Å². The molecule has 0 aromatic heterocycles. The molecule has 3 amide bonds. The number of hydrogen-bond donors (Lipinski definition) is 0. The Morgan fingerprint density at radius 1 is 0.909 bits per heavy atom.